The first kappa shape index (κ1) is 40.9. The Morgan fingerprint density at radius 3 is 1.16 bits per heavy atom. The van der Waals surface area contributed by atoms with Crippen LogP contribution in [0.25, 0.3) is 65.4 Å². The number of furan rings is 2. The molecule has 0 radical (unpaired) electrons. The number of benzene rings is 9. The van der Waals surface area contributed by atoms with E-state index < -0.39 is 0 Å². The van der Waals surface area contributed by atoms with Crippen LogP contribution in [0.2, 0.25) is 0 Å². The second kappa shape index (κ2) is 15.1. The van der Waals surface area contributed by atoms with Crippen LogP contribution in [-0.4, -0.2) is 0 Å². The Kier molecular flexibility index (Phi) is 9.09. The van der Waals surface area contributed by atoms with E-state index in [9.17, 15) is 0 Å². The summed E-state index contributed by atoms with van der Waals surface area (Å²) in [5, 5.41) is 9.30. The SMILES string of the molecule is CCCCc1ccc(N2c3cc4ccccc4cc3C(C)(C)c3c2ccc2c3oc3cc4c(cc32)oc2c3c(ccc24)N(c2ccc(CCCC)cc2)c2cc4ccccc4cc2C3(C)C)cc1. The summed E-state index contributed by atoms with van der Waals surface area (Å²) in [4.78, 5) is 4.93. The topological polar surface area (TPSA) is 32.8 Å². The molecule has 13 rings (SSSR count). The van der Waals surface area contributed by atoms with E-state index in [-0.39, 0.29) is 10.8 Å². The molecule has 0 spiro atoms. The molecule has 0 saturated carbocycles. The predicted molar refractivity (Wildman–Crippen MR) is 287 cm³/mol. The molecule has 0 saturated heterocycles. The molecule has 2 aromatic heterocycles. The van der Waals surface area contributed by atoms with Crippen molar-refractivity contribution in [1.29, 1.82) is 0 Å². The number of aryl methyl sites for hydroxylation is 2. The fourth-order valence-corrected chi connectivity index (χ4v) is 12.0. The molecule has 0 unspecified atom stereocenters. The molecule has 2 aliphatic rings. The van der Waals surface area contributed by atoms with Gasteiger partial charge in [0.2, 0.25) is 0 Å². The molecule has 0 N–H and O–H groups in total. The zero-order valence-electron chi connectivity index (χ0n) is 40.0. The van der Waals surface area contributed by atoms with Gasteiger partial charge in [-0.3, -0.25) is 0 Å². The standard InChI is InChI=1S/C64H56N2O2/c1-7-9-15-39-21-25-45(26-22-39)65-53-31-29-47-49-37-58-50(38-57(49)67-61(47)59(53)63(3,4)51-33-41-17-11-13-19-43(41)35-55(51)65)48-30-32-54-60(62(48)68-58)64(5,6)52-34-42-18-12-14-20-44(42)36-56(52)66(54)46-27-23-40(24-28-46)16-10-8-2/h11-14,17-38H,7-10,15-16H2,1-6H3. The Morgan fingerprint density at radius 2 is 0.779 bits per heavy atom. The van der Waals surface area contributed by atoms with Crippen molar-refractivity contribution in [2.75, 3.05) is 9.80 Å². The van der Waals surface area contributed by atoms with Crippen LogP contribution in [0.15, 0.2) is 167 Å². The number of anilines is 6. The third-order valence-electron chi connectivity index (χ3n) is 15.7. The van der Waals surface area contributed by atoms with E-state index in [1.807, 2.05) is 0 Å². The number of rotatable bonds is 8. The number of nitrogens with zero attached hydrogens (tertiary/aromatic N) is 2. The molecular weight excluding hydrogens is 829 g/mol. The Hall–Kier alpha value is -7.30. The molecule has 11 aromatic rings. The smallest absolute Gasteiger partial charge is 0.141 e. The molecule has 4 heterocycles. The zero-order valence-corrected chi connectivity index (χ0v) is 40.0. The summed E-state index contributed by atoms with van der Waals surface area (Å²) in [5.41, 5.74) is 17.7. The molecule has 0 fully saturated rings. The molecule has 0 bridgehead atoms. The normalized spacial score (nSPS) is 14.9. The number of hydrogen-bond acceptors (Lipinski definition) is 4. The summed E-state index contributed by atoms with van der Waals surface area (Å²) in [6.07, 6.45) is 6.95. The lowest BCUT2D eigenvalue weighted by molar-refractivity contribution is 0.601. The van der Waals surface area contributed by atoms with Gasteiger partial charge in [-0.2, -0.15) is 0 Å². The highest BCUT2D eigenvalue weighted by molar-refractivity contribution is 6.17. The molecule has 4 nitrogen and oxygen atoms in total. The van der Waals surface area contributed by atoms with Crippen LogP contribution in [0, 0.1) is 0 Å². The Morgan fingerprint density at radius 1 is 0.397 bits per heavy atom. The Labute approximate surface area is 398 Å². The Balaban J connectivity index is 1.00. The minimum absolute atomic E-state index is 0.362. The lowest BCUT2D eigenvalue weighted by Gasteiger charge is -2.42. The van der Waals surface area contributed by atoms with E-state index in [1.165, 1.54) is 92.0 Å². The highest BCUT2D eigenvalue weighted by atomic mass is 16.3. The third kappa shape index (κ3) is 5.99. The van der Waals surface area contributed by atoms with Crippen molar-refractivity contribution in [2.45, 2.75) is 90.9 Å². The van der Waals surface area contributed by atoms with Crippen LogP contribution < -0.4 is 9.80 Å². The van der Waals surface area contributed by atoms with E-state index in [2.05, 4.69) is 209 Å². The van der Waals surface area contributed by atoms with E-state index in [1.54, 1.807) is 0 Å². The van der Waals surface area contributed by atoms with Crippen molar-refractivity contribution in [1.82, 2.24) is 0 Å². The maximum Gasteiger partial charge on any atom is 0.141 e. The first-order chi connectivity index (χ1) is 33.1. The highest BCUT2D eigenvalue weighted by Gasteiger charge is 2.42. The van der Waals surface area contributed by atoms with Gasteiger partial charge in [-0.05, 0) is 154 Å². The largest absolute Gasteiger partial charge is 0.456 e. The summed E-state index contributed by atoms with van der Waals surface area (Å²) < 4.78 is 14.5. The van der Waals surface area contributed by atoms with Crippen LogP contribution in [0.5, 0.6) is 0 Å². The van der Waals surface area contributed by atoms with Crippen molar-refractivity contribution < 1.29 is 8.83 Å². The third-order valence-corrected chi connectivity index (χ3v) is 15.7. The first-order valence-electron chi connectivity index (χ1n) is 24.9. The van der Waals surface area contributed by atoms with Gasteiger partial charge in [0.1, 0.15) is 22.3 Å². The summed E-state index contributed by atoms with van der Waals surface area (Å²) >= 11 is 0. The van der Waals surface area contributed by atoms with Crippen LogP contribution in [-0.2, 0) is 23.7 Å². The molecule has 334 valence electrons. The average Bonchev–Trinajstić information content (AvgIpc) is 3.91. The minimum Gasteiger partial charge on any atom is -0.456 e. The van der Waals surface area contributed by atoms with Gasteiger partial charge in [0.25, 0.3) is 0 Å². The highest BCUT2D eigenvalue weighted by Crippen LogP contribution is 2.58. The van der Waals surface area contributed by atoms with E-state index >= 15 is 0 Å². The molecular formula is C64H56N2O2. The number of hydrogen-bond donors (Lipinski definition) is 0. The van der Waals surface area contributed by atoms with E-state index in [0.717, 1.165) is 79.5 Å². The van der Waals surface area contributed by atoms with Gasteiger partial charge in [0.15, 0.2) is 0 Å². The molecule has 0 amide bonds. The van der Waals surface area contributed by atoms with Gasteiger partial charge in [-0.15, -0.1) is 0 Å². The van der Waals surface area contributed by atoms with Gasteiger partial charge < -0.3 is 18.6 Å². The van der Waals surface area contributed by atoms with Crippen LogP contribution in [0.4, 0.5) is 34.1 Å². The van der Waals surface area contributed by atoms with Gasteiger partial charge in [-0.1, -0.05) is 127 Å². The maximum atomic E-state index is 7.24. The second-order valence-corrected chi connectivity index (χ2v) is 20.6. The van der Waals surface area contributed by atoms with Gasteiger partial charge in [0, 0.05) is 54.9 Å². The quantitative estimate of drug-likeness (QED) is 0.152. The molecule has 0 aliphatic carbocycles. The lowest BCUT2D eigenvalue weighted by atomic mass is 9.72. The number of unbranched alkanes of at least 4 members (excludes halogenated alkanes) is 2. The van der Waals surface area contributed by atoms with E-state index in [4.69, 9.17) is 8.83 Å². The molecule has 9 aromatic carbocycles. The van der Waals surface area contributed by atoms with Gasteiger partial charge in [-0.25, -0.2) is 0 Å². The second-order valence-electron chi connectivity index (χ2n) is 20.6. The minimum atomic E-state index is -0.362. The summed E-state index contributed by atoms with van der Waals surface area (Å²) in [7, 11) is 0. The van der Waals surface area contributed by atoms with Crippen LogP contribution in [0.3, 0.4) is 0 Å². The van der Waals surface area contributed by atoms with Crippen molar-refractivity contribution in [2.24, 2.45) is 0 Å². The molecule has 4 heteroatoms. The molecule has 2 aliphatic heterocycles. The molecule has 68 heavy (non-hydrogen) atoms. The van der Waals surface area contributed by atoms with Crippen molar-refractivity contribution in [3.63, 3.8) is 0 Å². The van der Waals surface area contributed by atoms with Gasteiger partial charge >= 0.3 is 0 Å². The Bertz CT molecular complexity index is 3580. The zero-order chi connectivity index (χ0) is 46.1. The predicted octanol–water partition coefficient (Wildman–Crippen LogP) is 18.7. The van der Waals surface area contributed by atoms with Crippen molar-refractivity contribution in [3.8, 4) is 0 Å². The lowest BCUT2D eigenvalue weighted by Crippen LogP contribution is -2.30. The summed E-state index contributed by atoms with van der Waals surface area (Å²) in [6, 6.07) is 59.2. The molecule has 0 atom stereocenters. The van der Waals surface area contributed by atoms with Crippen LogP contribution in [0.1, 0.15) is 101 Å². The fraction of sp³-hybridized carbons (Fsp3) is 0.219. The van der Waals surface area contributed by atoms with E-state index in [0.29, 0.717) is 0 Å². The fourth-order valence-electron chi connectivity index (χ4n) is 12.0. The van der Waals surface area contributed by atoms with Crippen molar-refractivity contribution in [3.05, 3.63) is 191 Å². The average molecular weight is 885 g/mol. The number of fused-ring (bicyclic) bond motifs is 14. The van der Waals surface area contributed by atoms with Crippen molar-refractivity contribution >= 4 is 99.5 Å². The maximum absolute atomic E-state index is 7.24. The summed E-state index contributed by atoms with van der Waals surface area (Å²) in [6.45, 7) is 14.0. The monoisotopic (exact) mass is 884 g/mol. The van der Waals surface area contributed by atoms with Crippen LogP contribution >= 0.6 is 0 Å². The first-order valence-corrected chi connectivity index (χ1v) is 24.9. The van der Waals surface area contributed by atoms with Gasteiger partial charge in [0.05, 0.1) is 22.7 Å². The summed E-state index contributed by atoms with van der Waals surface area (Å²) in [5.74, 6) is 0.